The summed E-state index contributed by atoms with van der Waals surface area (Å²) in [6.07, 6.45) is -0.195. The summed E-state index contributed by atoms with van der Waals surface area (Å²) < 4.78 is 26.2. The first kappa shape index (κ1) is 19.9. The molecule has 1 unspecified atom stereocenters. The SMILES string of the molecule is COc1cccc(OCC(O)Cn2c(Cc3ccc(F)cc3)nc3ccccc32)c1. The normalized spacial score (nSPS) is 12.1. The summed E-state index contributed by atoms with van der Waals surface area (Å²) in [5, 5.41) is 10.6. The van der Waals surface area contributed by atoms with Gasteiger partial charge in [-0.3, -0.25) is 0 Å². The van der Waals surface area contributed by atoms with Gasteiger partial charge >= 0.3 is 0 Å². The number of imidazole rings is 1. The number of aliphatic hydroxyl groups excluding tert-OH is 1. The minimum absolute atomic E-state index is 0.135. The smallest absolute Gasteiger partial charge is 0.123 e. The zero-order chi connectivity index (χ0) is 20.9. The lowest BCUT2D eigenvalue weighted by atomic mass is 10.1. The second-order valence-corrected chi connectivity index (χ2v) is 7.07. The van der Waals surface area contributed by atoms with Crippen LogP contribution in [0.1, 0.15) is 11.4 Å². The number of aromatic nitrogens is 2. The summed E-state index contributed by atoms with van der Waals surface area (Å²) >= 11 is 0. The Balaban J connectivity index is 1.52. The van der Waals surface area contributed by atoms with Crippen LogP contribution in [0.25, 0.3) is 11.0 Å². The minimum Gasteiger partial charge on any atom is -0.497 e. The Kier molecular flexibility index (Phi) is 5.95. The number of halogens is 1. The number of fused-ring (bicyclic) bond motifs is 1. The van der Waals surface area contributed by atoms with Crippen molar-refractivity contribution in [3.05, 3.63) is 90.0 Å². The minimum atomic E-state index is -0.735. The Labute approximate surface area is 174 Å². The second-order valence-electron chi connectivity index (χ2n) is 7.07. The van der Waals surface area contributed by atoms with E-state index in [-0.39, 0.29) is 12.4 Å². The topological polar surface area (TPSA) is 56.5 Å². The third-order valence-corrected chi connectivity index (χ3v) is 4.89. The van der Waals surface area contributed by atoms with Crippen molar-refractivity contribution in [3.8, 4) is 11.5 Å². The highest BCUT2D eigenvalue weighted by molar-refractivity contribution is 5.76. The molecule has 3 aromatic carbocycles. The molecular weight excluding hydrogens is 383 g/mol. The molecule has 0 aliphatic rings. The number of rotatable bonds is 8. The Hall–Kier alpha value is -3.38. The van der Waals surface area contributed by atoms with Gasteiger partial charge in [0.05, 0.1) is 24.7 Å². The molecule has 1 N–H and O–H groups in total. The fourth-order valence-electron chi connectivity index (χ4n) is 3.40. The summed E-state index contributed by atoms with van der Waals surface area (Å²) in [6.45, 7) is 0.469. The van der Waals surface area contributed by atoms with Crippen molar-refractivity contribution in [2.45, 2.75) is 19.1 Å². The van der Waals surface area contributed by atoms with Gasteiger partial charge in [0.2, 0.25) is 0 Å². The van der Waals surface area contributed by atoms with Crippen molar-refractivity contribution in [1.82, 2.24) is 9.55 Å². The molecule has 0 fully saturated rings. The number of hydrogen-bond acceptors (Lipinski definition) is 4. The van der Waals surface area contributed by atoms with E-state index >= 15 is 0 Å². The number of hydrogen-bond donors (Lipinski definition) is 1. The molecule has 0 bridgehead atoms. The third-order valence-electron chi connectivity index (χ3n) is 4.89. The second kappa shape index (κ2) is 8.97. The van der Waals surface area contributed by atoms with E-state index in [1.54, 1.807) is 25.3 Å². The zero-order valence-corrected chi connectivity index (χ0v) is 16.7. The van der Waals surface area contributed by atoms with Crippen LogP contribution in [0.2, 0.25) is 0 Å². The lowest BCUT2D eigenvalue weighted by Gasteiger charge is -2.16. The first-order valence-corrected chi connectivity index (χ1v) is 9.76. The molecule has 0 saturated heterocycles. The van der Waals surface area contributed by atoms with E-state index in [0.717, 1.165) is 22.4 Å². The summed E-state index contributed by atoms with van der Waals surface area (Å²) in [6, 6.07) is 21.5. The Morgan fingerprint density at radius 2 is 1.77 bits per heavy atom. The zero-order valence-electron chi connectivity index (χ0n) is 16.7. The molecule has 0 radical (unpaired) electrons. The highest BCUT2D eigenvalue weighted by Crippen LogP contribution is 2.21. The fraction of sp³-hybridized carbons (Fsp3) is 0.208. The molecule has 6 heteroatoms. The fourth-order valence-corrected chi connectivity index (χ4v) is 3.40. The van der Waals surface area contributed by atoms with Gasteiger partial charge in [-0.25, -0.2) is 9.37 Å². The maximum absolute atomic E-state index is 13.2. The van der Waals surface area contributed by atoms with Crippen molar-refractivity contribution in [2.24, 2.45) is 0 Å². The van der Waals surface area contributed by atoms with Crippen molar-refractivity contribution in [2.75, 3.05) is 13.7 Å². The number of ether oxygens (including phenoxy) is 2. The molecule has 154 valence electrons. The van der Waals surface area contributed by atoms with E-state index in [0.29, 0.717) is 24.5 Å². The molecule has 0 saturated carbocycles. The number of nitrogens with zero attached hydrogens (tertiary/aromatic N) is 2. The van der Waals surface area contributed by atoms with Crippen LogP contribution in [0.15, 0.2) is 72.8 Å². The largest absolute Gasteiger partial charge is 0.497 e. The average Bonchev–Trinajstić information content (AvgIpc) is 3.11. The van der Waals surface area contributed by atoms with E-state index in [9.17, 15) is 9.50 Å². The molecule has 0 spiro atoms. The van der Waals surface area contributed by atoms with E-state index < -0.39 is 6.10 Å². The quantitative estimate of drug-likeness (QED) is 0.476. The van der Waals surface area contributed by atoms with E-state index in [1.165, 1.54) is 12.1 Å². The van der Waals surface area contributed by atoms with Gasteiger partial charge in [0, 0.05) is 12.5 Å². The van der Waals surface area contributed by atoms with Gasteiger partial charge < -0.3 is 19.1 Å². The molecule has 0 amide bonds. The maximum Gasteiger partial charge on any atom is 0.123 e. The van der Waals surface area contributed by atoms with E-state index in [2.05, 4.69) is 0 Å². The monoisotopic (exact) mass is 406 g/mol. The van der Waals surface area contributed by atoms with Gasteiger partial charge in [0.15, 0.2) is 0 Å². The number of methoxy groups -OCH3 is 1. The molecule has 1 aromatic heterocycles. The van der Waals surface area contributed by atoms with Gasteiger partial charge in [-0.1, -0.05) is 30.3 Å². The standard InChI is InChI=1S/C24H23FN2O3/c1-29-20-5-4-6-21(14-20)30-16-19(28)15-27-23-8-3-2-7-22(23)26-24(27)13-17-9-11-18(25)12-10-17/h2-12,14,19,28H,13,15-16H2,1H3. The number of para-hydroxylation sites is 2. The van der Waals surface area contributed by atoms with Gasteiger partial charge in [-0.05, 0) is 42.0 Å². The summed E-state index contributed by atoms with van der Waals surface area (Å²) in [5.74, 6) is 1.88. The van der Waals surface area contributed by atoms with Crippen molar-refractivity contribution < 1.29 is 19.0 Å². The maximum atomic E-state index is 13.2. The molecule has 4 aromatic rings. The first-order chi connectivity index (χ1) is 14.6. The summed E-state index contributed by atoms with van der Waals surface area (Å²) in [4.78, 5) is 4.73. The van der Waals surface area contributed by atoms with Gasteiger partial charge in [-0.2, -0.15) is 0 Å². The number of benzene rings is 3. The van der Waals surface area contributed by atoms with Crippen LogP contribution in [0, 0.1) is 5.82 Å². The van der Waals surface area contributed by atoms with Crippen LogP contribution in [-0.4, -0.2) is 34.5 Å². The summed E-state index contributed by atoms with van der Waals surface area (Å²) in [5.41, 5.74) is 2.75. The Morgan fingerprint density at radius 1 is 1.00 bits per heavy atom. The molecule has 1 atom stereocenters. The highest BCUT2D eigenvalue weighted by atomic mass is 19.1. The summed E-state index contributed by atoms with van der Waals surface area (Å²) in [7, 11) is 1.60. The van der Waals surface area contributed by atoms with Crippen LogP contribution in [0.4, 0.5) is 4.39 Å². The van der Waals surface area contributed by atoms with E-state index in [1.807, 2.05) is 47.0 Å². The lowest BCUT2D eigenvalue weighted by molar-refractivity contribution is 0.0927. The van der Waals surface area contributed by atoms with Crippen molar-refractivity contribution in [1.29, 1.82) is 0 Å². The Bertz CT molecular complexity index is 1120. The molecule has 30 heavy (non-hydrogen) atoms. The molecular formula is C24H23FN2O3. The third kappa shape index (κ3) is 4.60. The predicted molar refractivity (Wildman–Crippen MR) is 113 cm³/mol. The molecule has 5 nitrogen and oxygen atoms in total. The van der Waals surface area contributed by atoms with Crippen LogP contribution < -0.4 is 9.47 Å². The highest BCUT2D eigenvalue weighted by Gasteiger charge is 2.15. The van der Waals surface area contributed by atoms with E-state index in [4.69, 9.17) is 14.5 Å². The Morgan fingerprint density at radius 3 is 2.57 bits per heavy atom. The molecule has 4 rings (SSSR count). The molecule has 0 aliphatic carbocycles. The van der Waals surface area contributed by atoms with Crippen LogP contribution in [-0.2, 0) is 13.0 Å². The number of aliphatic hydroxyl groups is 1. The van der Waals surface area contributed by atoms with Crippen LogP contribution in [0.3, 0.4) is 0 Å². The van der Waals surface area contributed by atoms with Crippen molar-refractivity contribution >= 4 is 11.0 Å². The van der Waals surface area contributed by atoms with Gasteiger partial charge in [0.1, 0.15) is 35.9 Å². The van der Waals surface area contributed by atoms with Gasteiger partial charge in [-0.15, -0.1) is 0 Å². The predicted octanol–water partition coefficient (Wildman–Crippen LogP) is 4.21. The van der Waals surface area contributed by atoms with Crippen molar-refractivity contribution in [3.63, 3.8) is 0 Å². The first-order valence-electron chi connectivity index (χ1n) is 9.76. The van der Waals surface area contributed by atoms with Crippen LogP contribution in [0.5, 0.6) is 11.5 Å². The molecule has 0 aliphatic heterocycles. The average molecular weight is 406 g/mol. The van der Waals surface area contributed by atoms with Crippen LogP contribution >= 0.6 is 0 Å². The lowest BCUT2D eigenvalue weighted by Crippen LogP contribution is -2.24. The molecule has 1 heterocycles. The van der Waals surface area contributed by atoms with Gasteiger partial charge in [0.25, 0.3) is 0 Å².